The molecule has 1 heterocycles. The van der Waals surface area contributed by atoms with Gasteiger partial charge >= 0.3 is 0 Å². The van der Waals surface area contributed by atoms with Crippen molar-refractivity contribution in [3.8, 4) is 0 Å². The fourth-order valence-corrected chi connectivity index (χ4v) is 3.35. The zero-order valence-electron chi connectivity index (χ0n) is 16.5. The number of guanidine groups is 1. The van der Waals surface area contributed by atoms with E-state index >= 15 is 0 Å². The first-order valence-corrected chi connectivity index (χ1v) is 9.43. The number of nitrogens with zero attached hydrogens (tertiary/aromatic N) is 3. The largest absolute Gasteiger partial charge is 0.355 e. The second kappa shape index (κ2) is 9.78. The second-order valence-electron chi connectivity index (χ2n) is 7.38. The van der Waals surface area contributed by atoms with Gasteiger partial charge in [-0.25, -0.2) is 0 Å². The molecule has 1 saturated heterocycles. The summed E-state index contributed by atoms with van der Waals surface area (Å²) in [7, 11) is 4.05. The van der Waals surface area contributed by atoms with E-state index in [1.807, 2.05) is 7.05 Å². The Labute approximate surface area is 153 Å². The first-order chi connectivity index (χ1) is 12.0. The molecule has 1 aliphatic rings. The van der Waals surface area contributed by atoms with Gasteiger partial charge in [0.2, 0.25) is 0 Å². The fourth-order valence-electron chi connectivity index (χ4n) is 3.35. The molecule has 2 rings (SSSR count). The number of rotatable bonds is 6. The molecule has 0 bridgehead atoms. The van der Waals surface area contributed by atoms with Gasteiger partial charge in [0, 0.05) is 52.4 Å². The molecule has 0 spiro atoms. The molecule has 1 aliphatic heterocycles. The van der Waals surface area contributed by atoms with E-state index in [0.29, 0.717) is 12.0 Å². The quantitative estimate of drug-likeness (QED) is 0.611. The summed E-state index contributed by atoms with van der Waals surface area (Å²) in [5.41, 5.74) is 2.62. The van der Waals surface area contributed by atoms with Gasteiger partial charge in [0.1, 0.15) is 0 Å². The minimum Gasteiger partial charge on any atom is -0.355 e. The maximum Gasteiger partial charge on any atom is 0.191 e. The lowest BCUT2D eigenvalue weighted by Gasteiger charge is -2.40. The summed E-state index contributed by atoms with van der Waals surface area (Å²) in [5, 5.41) is 6.98. The van der Waals surface area contributed by atoms with Crippen LogP contribution in [-0.2, 0) is 6.54 Å². The number of aliphatic imine (C=N–C) groups is 1. The molecule has 5 heteroatoms. The second-order valence-corrected chi connectivity index (χ2v) is 7.38. The first kappa shape index (κ1) is 19.7. The Balaban J connectivity index is 1.86. The fraction of sp³-hybridized carbons (Fsp3) is 0.650. The molecule has 25 heavy (non-hydrogen) atoms. The summed E-state index contributed by atoms with van der Waals surface area (Å²) in [5.74, 6) is 1.49. The number of hydrogen-bond donors (Lipinski definition) is 2. The summed E-state index contributed by atoms with van der Waals surface area (Å²) < 4.78 is 0. The third-order valence-electron chi connectivity index (χ3n) is 5.19. The smallest absolute Gasteiger partial charge is 0.191 e. The van der Waals surface area contributed by atoms with Crippen LogP contribution in [0.15, 0.2) is 29.3 Å². The number of nitrogens with one attached hydrogen (secondary N) is 2. The van der Waals surface area contributed by atoms with E-state index < -0.39 is 0 Å². The van der Waals surface area contributed by atoms with E-state index in [2.05, 4.69) is 77.5 Å². The molecule has 1 atom stereocenters. The van der Waals surface area contributed by atoms with Crippen LogP contribution in [0.5, 0.6) is 0 Å². The van der Waals surface area contributed by atoms with Crippen molar-refractivity contribution in [1.29, 1.82) is 0 Å². The Kier molecular flexibility index (Phi) is 7.72. The van der Waals surface area contributed by atoms with Crippen molar-refractivity contribution < 1.29 is 0 Å². The summed E-state index contributed by atoms with van der Waals surface area (Å²) in [6.45, 7) is 13.1. The molecule has 140 valence electrons. The molecule has 0 radical (unpaired) electrons. The summed E-state index contributed by atoms with van der Waals surface area (Å²) in [4.78, 5) is 9.41. The molecule has 0 aromatic heterocycles. The van der Waals surface area contributed by atoms with E-state index in [4.69, 9.17) is 0 Å². The van der Waals surface area contributed by atoms with Crippen LogP contribution in [0.4, 0.5) is 0 Å². The normalized spacial score (nSPS) is 18.4. The number of benzene rings is 1. The third-order valence-corrected chi connectivity index (χ3v) is 5.19. The van der Waals surface area contributed by atoms with Gasteiger partial charge in [0.05, 0.1) is 0 Å². The van der Waals surface area contributed by atoms with Crippen LogP contribution in [-0.4, -0.2) is 68.6 Å². The van der Waals surface area contributed by atoms with Crippen LogP contribution >= 0.6 is 0 Å². The highest BCUT2D eigenvalue weighted by Crippen LogP contribution is 2.13. The number of piperazine rings is 1. The first-order valence-electron chi connectivity index (χ1n) is 9.43. The average Bonchev–Trinajstić information content (AvgIpc) is 2.60. The Morgan fingerprint density at radius 1 is 1.12 bits per heavy atom. The van der Waals surface area contributed by atoms with Gasteiger partial charge in [0.25, 0.3) is 0 Å². The highest BCUT2D eigenvalue weighted by atomic mass is 15.3. The lowest BCUT2D eigenvalue weighted by atomic mass is 10.0. The topological polar surface area (TPSA) is 42.9 Å². The zero-order chi connectivity index (χ0) is 18.2. The highest BCUT2D eigenvalue weighted by Gasteiger charge is 2.24. The van der Waals surface area contributed by atoms with Crippen LogP contribution in [0.25, 0.3) is 0 Å². The molecular formula is C20H35N5. The van der Waals surface area contributed by atoms with E-state index in [-0.39, 0.29) is 0 Å². The Morgan fingerprint density at radius 2 is 1.80 bits per heavy atom. The predicted octanol–water partition coefficient (Wildman–Crippen LogP) is 1.93. The molecule has 1 aromatic rings. The Hall–Kier alpha value is -1.59. The molecule has 2 N–H and O–H groups in total. The zero-order valence-corrected chi connectivity index (χ0v) is 16.5. The summed E-state index contributed by atoms with van der Waals surface area (Å²) >= 11 is 0. The lowest BCUT2D eigenvalue weighted by Crippen LogP contribution is -2.55. The van der Waals surface area contributed by atoms with Crippen LogP contribution < -0.4 is 10.6 Å². The monoisotopic (exact) mass is 345 g/mol. The minimum absolute atomic E-state index is 0.533. The molecule has 1 fully saturated rings. The van der Waals surface area contributed by atoms with Crippen molar-refractivity contribution in [3.63, 3.8) is 0 Å². The van der Waals surface area contributed by atoms with Crippen molar-refractivity contribution in [3.05, 3.63) is 35.4 Å². The van der Waals surface area contributed by atoms with E-state index in [1.54, 1.807) is 0 Å². The van der Waals surface area contributed by atoms with Gasteiger partial charge in [-0.1, -0.05) is 38.1 Å². The van der Waals surface area contributed by atoms with Gasteiger partial charge in [-0.3, -0.25) is 9.89 Å². The van der Waals surface area contributed by atoms with Crippen molar-refractivity contribution >= 4 is 5.96 Å². The molecule has 0 aliphatic carbocycles. The highest BCUT2D eigenvalue weighted by molar-refractivity contribution is 5.79. The van der Waals surface area contributed by atoms with Crippen LogP contribution in [0.2, 0.25) is 0 Å². The van der Waals surface area contributed by atoms with Gasteiger partial charge in [0.15, 0.2) is 5.96 Å². The number of hydrogen-bond acceptors (Lipinski definition) is 3. The van der Waals surface area contributed by atoms with E-state index in [9.17, 15) is 0 Å². The Morgan fingerprint density at radius 3 is 2.40 bits per heavy atom. The number of aryl methyl sites for hydroxylation is 1. The van der Waals surface area contributed by atoms with Crippen LogP contribution in [0, 0.1) is 12.8 Å². The maximum atomic E-state index is 4.39. The number of likely N-dealkylation sites (N-methyl/N-ethyl adjacent to an activating group) is 1. The molecule has 1 unspecified atom stereocenters. The van der Waals surface area contributed by atoms with E-state index in [1.165, 1.54) is 11.1 Å². The van der Waals surface area contributed by atoms with Gasteiger partial charge in [-0.05, 0) is 31.0 Å². The Bertz CT molecular complexity index is 547. The van der Waals surface area contributed by atoms with Crippen molar-refractivity contribution in [2.24, 2.45) is 10.9 Å². The summed E-state index contributed by atoms with van der Waals surface area (Å²) in [6.07, 6.45) is 0. The maximum absolute atomic E-state index is 4.39. The van der Waals surface area contributed by atoms with Crippen LogP contribution in [0.1, 0.15) is 25.0 Å². The lowest BCUT2D eigenvalue weighted by molar-refractivity contribution is 0.0900. The third kappa shape index (κ3) is 6.01. The minimum atomic E-state index is 0.533. The average molecular weight is 346 g/mol. The molecule has 5 nitrogen and oxygen atoms in total. The standard InChI is InChI=1S/C20H35N5/c1-16(2)19(25-12-10-24(5)11-13-25)15-23-20(21-4)22-14-18-9-7-6-8-17(18)3/h6-9,16,19H,10-15H2,1-5H3,(H2,21,22,23). The van der Waals surface area contributed by atoms with Gasteiger partial charge < -0.3 is 15.5 Å². The van der Waals surface area contributed by atoms with Crippen molar-refractivity contribution in [1.82, 2.24) is 20.4 Å². The van der Waals surface area contributed by atoms with Gasteiger partial charge in [-0.15, -0.1) is 0 Å². The van der Waals surface area contributed by atoms with Crippen molar-refractivity contribution in [2.45, 2.75) is 33.4 Å². The molecule has 0 amide bonds. The predicted molar refractivity (Wildman–Crippen MR) is 107 cm³/mol. The van der Waals surface area contributed by atoms with Crippen LogP contribution in [0.3, 0.4) is 0 Å². The van der Waals surface area contributed by atoms with Crippen molar-refractivity contribution in [2.75, 3.05) is 46.8 Å². The SMILES string of the molecule is CN=C(NCc1ccccc1C)NCC(C(C)C)N1CCN(C)CC1. The molecule has 1 aromatic carbocycles. The summed E-state index contributed by atoms with van der Waals surface area (Å²) in [6, 6.07) is 9.01. The molecule has 0 saturated carbocycles. The molecular weight excluding hydrogens is 310 g/mol. The van der Waals surface area contributed by atoms with E-state index in [0.717, 1.165) is 45.2 Å². The van der Waals surface area contributed by atoms with Gasteiger partial charge in [-0.2, -0.15) is 0 Å².